The van der Waals surface area contributed by atoms with Gasteiger partial charge in [-0.1, -0.05) is 12.1 Å². The van der Waals surface area contributed by atoms with Gasteiger partial charge in [0.2, 0.25) is 5.95 Å². The fraction of sp³-hybridized carbons (Fsp3) is 0.450. The lowest BCUT2D eigenvalue weighted by Crippen LogP contribution is -2.37. The molecule has 2 aliphatic rings. The van der Waals surface area contributed by atoms with E-state index in [0.29, 0.717) is 30.4 Å². The van der Waals surface area contributed by atoms with E-state index in [4.69, 9.17) is 10.5 Å². The number of hydrogen-bond acceptors (Lipinski definition) is 6. The first-order valence-corrected chi connectivity index (χ1v) is 9.69. The van der Waals surface area contributed by atoms with Crippen LogP contribution in [0.15, 0.2) is 30.5 Å². The second-order valence-corrected chi connectivity index (χ2v) is 7.32. The maximum absolute atomic E-state index is 14.5. The highest BCUT2D eigenvalue weighted by molar-refractivity contribution is 5.89. The molecule has 3 N–H and O–H groups in total. The molecule has 1 saturated heterocycles. The normalized spacial score (nSPS) is 22.6. The summed E-state index contributed by atoms with van der Waals surface area (Å²) in [6, 6.07) is 7.61. The summed E-state index contributed by atoms with van der Waals surface area (Å²) in [6.45, 7) is 1.00. The van der Waals surface area contributed by atoms with Crippen molar-refractivity contribution >= 4 is 17.7 Å². The van der Waals surface area contributed by atoms with Gasteiger partial charge in [0, 0.05) is 29.9 Å². The third-order valence-corrected chi connectivity index (χ3v) is 5.25. The number of rotatable bonds is 4. The minimum Gasteiger partial charge on any atom is -0.449 e. The molecule has 1 saturated carbocycles. The van der Waals surface area contributed by atoms with Crippen molar-refractivity contribution in [1.29, 1.82) is 0 Å². The molecule has 28 heavy (non-hydrogen) atoms. The predicted molar refractivity (Wildman–Crippen MR) is 105 cm³/mol. The summed E-state index contributed by atoms with van der Waals surface area (Å²) in [5, 5.41) is 3.29. The van der Waals surface area contributed by atoms with Gasteiger partial charge in [-0.25, -0.2) is 19.2 Å². The van der Waals surface area contributed by atoms with E-state index in [9.17, 15) is 9.18 Å². The van der Waals surface area contributed by atoms with Crippen molar-refractivity contribution in [1.82, 2.24) is 9.97 Å². The van der Waals surface area contributed by atoms with Crippen LogP contribution in [0.3, 0.4) is 0 Å². The zero-order valence-corrected chi connectivity index (χ0v) is 15.6. The third-order valence-electron chi connectivity index (χ3n) is 5.25. The van der Waals surface area contributed by atoms with Gasteiger partial charge in [-0.05, 0) is 44.2 Å². The minimum absolute atomic E-state index is 0.206. The monoisotopic (exact) mass is 385 g/mol. The number of nitrogens with two attached hydrogens (primary N) is 1. The van der Waals surface area contributed by atoms with Crippen molar-refractivity contribution in [3.8, 4) is 11.3 Å². The molecule has 2 aromatic rings. The number of benzene rings is 1. The van der Waals surface area contributed by atoms with E-state index in [-0.39, 0.29) is 23.9 Å². The first-order chi connectivity index (χ1) is 13.6. The average Bonchev–Trinajstić information content (AvgIpc) is 2.71. The predicted octanol–water partition coefficient (Wildman–Crippen LogP) is 3.31. The fourth-order valence-electron chi connectivity index (χ4n) is 3.69. The maximum atomic E-state index is 14.5. The molecule has 8 heteroatoms. The Balaban J connectivity index is 1.56. The van der Waals surface area contributed by atoms with E-state index in [2.05, 4.69) is 15.3 Å². The number of carbonyl (C=O) groups excluding carboxylic acids is 1. The molecule has 1 aliphatic carbocycles. The summed E-state index contributed by atoms with van der Waals surface area (Å²) in [4.78, 5) is 22.0. The van der Waals surface area contributed by atoms with E-state index >= 15 is 0 Å². The van der Waals surface area contributed by atoms with Crippen LogP contribution >= 0.6 is 0 Å². The first-order valence-electron chi connectivity index (χ1n) is 9.69. The van der Waals surface area contributed by atoms with Gasteiger partial charge in [0.15, 0.2) is 5.82 Å². The Labute approximate surface area is 163 Å². The minimum atomic E-state index is -0.505. The molecule has 0 bridgehead atoms. The van der Waals surface area contributed by atoms with Crippen LogP contribution in [0.1, 0.15) is 32.1 Å². The van der Waals surface area contributed by atoms with Crippen molar-refractivity contribution in [3.63, 3.8) is 0 Å². The van der Waals surface area contributed by atoms with E-state index in [1.54, 1.807) is 29.2 Å². The largest absolute Gasteiger partial charge is 0.449 e. The number of halogens is 1. The molecular weight excluding hydrogens is 361 g/mol. The van der Waals surface area contributed by atoms with Crippen molar-refractivity contribution in [3.05, 3.63) is 36.3 Å². The Morgan fingerprint density at radius 1 is 1.25 bits per heavy atom. The van der Waals surface area contributed by atoms with Crippen LogP contribution < -0.4 is 16.0 Å². The summed E-state index contributed by atoms with van der Waals surface area (Å²) in [6.07, 6.45) is 5.37. The Morgan fingerprint density at radius 2 is 2.07 bits per heavy atom. The lowest BCUT2D eigenvalue weighted by atomic mass is 9.92. The average molecular weight is 385 g/mol. The molecular formula is C20H24FN5O2. The van der Waals surface area contributed by atoms with Gasteiger partial charge in [-0.2, -0.15) is 0 Å². The topological polar surface area (TPSA) is 93.4 Å². The second-order valence-electron chi connectivity index (χ2n) is 7.32. The smallest absolute Gasteiger partial charge is 0.414 e. The molecule has 4 rings (SSSR count). The summed E-state index contributed by atoms with van der Waals surface area (Å²) in [7, 11) is 0. The Kier molecular flexibility index (Phi) is 5.38. The highest BCUT2D eigenvalue weighted by Crippen LogP contribution is 2.28. The van der Waals surface area contributed by atoms with Gasteiger partial charge in [-0.3, -0.25) is 4.90 Å². The highest BCUT2D eigenvalue weighted by Gasteiger charge is 2.23. The number of aromatic nitrogens is 2. The van der Waals surface area contributed by atoms with Crippen LogP contribution in [0.5, 0.6) is 0 Å². The lowest BCUT2D eigenvalue weighted by Gasteiger charge is -2.27. The molecule has 1 aliphatic heterocycles. The number of nitrogens with zero attached hydrogens (tertiary/aromatic N) is 3. The summed E-state index contributed by atoms with van der Waals surface area (Å²) in [5.74, 6) is -0.103. The van der Waals surface area contributed by atoms with Crippen LogP contribution in [-0.2, 0) is 4.74 Å². The van der Waals surface area contributed by atoms with Crippen molar-refractivity contribution < 1.29 is 13.9 Å². The molecule has 1 aromatic carbocycles. The molecule has 0 atom stereocenters. The fourth-order valence-corrected chi connectivity index (χ4v) is 3.69. The lowest BCUT2D eigenvalue weighted by molar-refractivity contribution is 0.140. The molecule has 2 heterocycles. The van der Waals surface area contributed by atoms with Crippen molar-refractivity contribution in [2.24, 2.45) is 5.73 Å². The summed E-state index contributed by atoms with van der Waals surface area (Å²) >= 11 is 0. The number of carbonyl (C=O) groups is 1. The quantitative estimate of drug-likeness (QED) is 0.839. The van der Waals surface area contributed by atoms with Gasteiger partial charge in [-0.15, -0.1) is 0 Å². The van der Waals surface area contributed by atoms with Crippen LogP contribution in [-0.4, -0.2) is 41.3 Å². The zero-order valence-electron chi connectivity index (χ0n) is 15.6. The number of cyclic esters (lactones) is 1. The Hall–Kier alpha value is -2.74. The number of anilines is 2. The van der Waals surface area contributed by atoms with E-state index in [1.165, 1.54) is 6.20 Å². The van der Waals surface area contributed by atoms with E-state index in [1.807, 2.05) is 0 Å². The Bertz CT molecular complexity index is 854. The molecule has 1 aromatic heterocycles. The van der Waals surface area contributed by atoms with E-state index in [0.717, 1.165) is 32.1 Å². The van der Waals surface area contributed by atoms with Crippen LogP contribution in [0.2, 0.25) is 0 Å². The summed E-state index contributed by atoms with van der Waals surface area (Å²) in [5.41, 5.74) is 7.41. The van der Waals surface area contributed by atoms with Gasteiger partial charge in [0.1, 0.15) is 5.69 Å². The van der Waals surface area contributed by atoms with Gasteiger partial charge in [0.05, 0.1) is 12.8 Å². The van der Waals surface area contributed by atoms with Crippen molar-refractivity contribution in [2.75, 3.05) is 23.4 Å². The Morgan fingerprint density at radius 3 is 2.86 bits per heavy atom. The standard InChI is InChI=1S/C20H24FN5O2/c21-17-12-23-19(24-15-7-5-14(22)6-8-15)25-18(17)13-3-1-4-16(11-13)26-9-2-10-28-20(26)27/h1,3-4,11-12,14-15H,2,5-10,22H2,(H,23,24,25). The molecule has 148 valence electrons. The zero-order chi connectivity index (χ0) is 19.5. The molecule has 0 radical (unpaired) electrons. The number of nitrogens with one attached hydrogen (secondary N) is 1. The maximum Gasteiger partial charge on any atom is 0.414 e. The molecule has 0 spiro atoms. The van der Waals surface area contributed by atoms with Gasteiger partial charge >= 0.3 is 6.09 Å². The molecule has 2 fully saturated rings. The molecule has 0 unspecified atom stereocenters. The van der Waals surface area contributed by atoms with E-state index < -0.39 is 5.82 Å². The molecule has 1 amide bonds. The van der Waals surface area contributed by atoms with Gasteiger partial charge in [0.25, 0.3) is 0 Å². The SMILES string of the molecule is NC1CCC(Nc2ncc(F)c(-c3cccc(N4CCCOC4=O)c3)n2)CC1. The number of ether oxygens (including phenoxy) is 1. The van der Waals surface area contributed by atoms with Crippen LogP contribution in [0.4, 0.5) is 20.8 Å². The molecule has 7 nitrogen and oxygen atoms in total. The third kappa shape index (κ3) is 4.06. The summed E-state index contributed by atoms with van der Waals surface area (Å²) < 4.78 is 19.6. The van der Waals surface area contributed by atoms with Crippen LogP contribution in [0, 0.1) is 5.82 Å². The first kappa shape index (κ1) is 18.6. The van der Waals surface area contributed by atoms with Crippen LogP contribution in [0.25, 0.3) is 11.3 Å². The van der Waals surface area contributed by atoms with Gasteiger partial charge < -0.3 is 15.8 Å². The number of hydrogen-bond donors (Lipinski definition) is 2. The second kappa shape index (κ2) is 8.10. The van der Waals surface area contributed by atoms with Crippen molar-refractivity contribution in [2.45, 2.75) is 44.2 Å². The highest BCUT2D eigenvalue weighted by atomic mass is 19.1. The number of amides is 1.